The molecule has 2 fully saturated rings. The maximum Gasteiger partial charge on any atom is 0.293 e. The molecule has 150 valence electrons. The Labute approximate surface area is 164 Å². The molecule has 1 aromatic carbocycles. The molecule has 2 aromatic rings. The van der Waals surface area contributed by atoms with Gasteiger partial charge in [-0.3, -0.25) is 4.79 Å². The predicted molar refractivity (Wildman–Crippen MR) is 103 cm³/mol. The molecule has 2 aliphatic heterocycles. The summed E-state index contributed by atoms with van der Waals surface area (Å²) in [5, 5.41) is 13.6. The third kappa shape index (κ3) is 4.11. The van der Waals surface area contributed by atoms with E-state index in [0.717, 1.165) is 38.0 Å². The Bertz CT molecular complexity index is 786. The monoisotopic (exact) mass is 385 g/mol. The summed E-state index contributed by atoms with van der Waals surface area (Å²) < 4.78 is 11.4. The van der Waals surface area contributed by atoms with Crippen LogP contribution in [0.15, 0.2) is 40.9 Å². The van der Waals surface area contributed by atoms with Gasteiger partial charge >= 0.3 is 0 Å². The van der Waals surface area contributed by atoms with Gasteiger partial charge in [0.25, 0.3) is 5.91 Å². The van der Waals surface area contributed by atoms with Crippen molar-refractivity contribution in [3.05, 3.63) is 53.4 Å². The Morgan fingerprint density at radius 1 is 1.21 bits per heavy atom. The Kier molecular flexibility index (Phi) is 5.75. The van der Waals surface area contributed by atoms with Crippen molar-refractivity contribution < 1.29 is 19.2 Å². The minimum atomic E-state index is -0.207. The van der Waals surface area contributed by atoms with Crippen LogP contribution in [-0.2, 0) is 4.74 Å². The zero-order chi connectivity index (χ0) is 19.5. The topological polar surface area (TPSA) is 79.0 Å². The number of carbonyl (C=O) groups is 1. The molecule has 2 atom stereocenters. The van der Waals surface area contributed by atoms with Crippen molar-refractivity contribution in [1.82, 2.24) is 15.0 Å². The van der Waals surface area contributed by atoms with Crippen molar-refractivity contribution in [1.29, 1.82) is 0 Å². The van der Waals surface area contributed by atoms with Crippen LogP contribution in [0.25, 0.3) is 0 Å². The quantitative estimate of drug-likeness (QED) is 0.868. The Morgan fingerprint density at radius 3 is 2.64 bits per heavy atom. The first-order chi connectivity index (χ1) is 13.6. The van der Waals surface area contributed by atoms with E-state index < -0.39 is 0 Å². The fraction of sp³-hybridized carbons (Fsp3) is 0.524. The van der Waals surface area contributed by atoms with Crippen molar-refractivity contribution >= 4 is 5.91 Å². The maximum absolute atomic E-state index is 13.2. The van der Waals surface area contributed by atoms with Crippen LogP contribution in [-0.4, -0.2) is 71.0 Å². The molecule has 2 aliphatic rings. The van der Waals surface area contributed by atoms with Gasteiger partial charge in [-0.05, 0) is 25.3 Å². The molecular weight excluding hydrogens is 358 g/mol. The number of amides is 1. The van der Waals surface area contributed by atoms with Gasteiger partial charge in [-0.2, -0.15) is 0 Å². The minimum Gasteiger partial charge on any atom is -0.393 e. The fourth-order valence-corrected chi connectivity index (χ4v) is 4.12. The SMILES string of the molecule is Cc1cc(C(=O)N2CCO[C@@H](CN3CCC(O)CC3)[C@@H]2c2ccccc2)on1. The van der Waals surface area contributed by atoms with Crippen molar-refractivity contribution in [2.24, 2.45) is 0 Å². The summed E-state index contributed by atoms with van der Waals surface area (Å²) in [5.41, 5.74) is 1.74. The molecule has 2 saturated heterocycles. The highest BCUT2D eigenvalue weighted by Crippen LogP contribution is 2.32. The van der Waals surface area contributed by atoms with Crippen LogP contribution >= 0.6 is 0 Å². The van der Waals surface area contributed by atoms with Crippen LogP contribution < -0.4 is 0 Å². The van der Waals surface area contributed by atoms with Gasteiger partial charge in [-0.1, -0.05) is 35.5 Å². The first kappa shape index (κ1) is 19.1. The molecule has 0 unspecified atom stereocenters. The highest BCUT2D eigenvalue weighted by Gasteiger charge is 2.39. The Morgan fingerprint density at radius 2 is 1.96 bits per heavy atom. The van der Waals surface area contributed by atoms with E-state index in [0.29, 0.717) is 18.8 Å². The number of aliphatic hydroxyl groups is 1. The molecule has 4 rings (SSSR count). The molecule has 0 spiro atoms. The van der Waals surface area contributed by atoms with E-state index in [-0.39, 0.29) is 29.9 Å². The zero-order valence-electron chi connectivity index (χ0n) is 16.2. The molecule has 1 amide bonds. The smallest absolute Gasteiger partial charge is 0.293 e. The van der Waals surface area contributed by atoms with Crippen LogP contribution in [0.3, 0.4) is 0 Å². The van der Waals surface area contributed by atoms with Crippen molar-refractivity contribution in [3.8, 4) is 0 Å². The van der Waals surface area contributed by atoms with Gasteiger partial charge in [0.1, 0.15) is 0 Å². The van der Waals surface area contributed by atoms with E-state index in [4.69, 9.17) is 9.26 Å². The molecule has 3 heterocycles. The van der Waals surface area contributed by atoms with Crippen LogP contribution in [0.4, 0.5) is 0 Å². The number of aryl methyl sites for hydroxylation is 1. The van der Waals surface area contributed by atoms with Gasteiger partial charge in [0, 0.05) is 32.2 Å². The lowest BCUT2D eigenvalue weighted by Crippen LogP contribution is -2.52. The van der Waals surface area contributed by atoms with Crippen molar-refractivity contribution in [2.45, 2.75) is 38.0 Å². The molecule has 28 heavy (non-hydrogen) atoms. The number of morpholine rings is 1. The van der Waals surface area contributed by atoms with Gasteiger partial charge in [0.05, 0.1) is 30.6 Å². The number of ether oxygens (including phenoxy) is 1. The molecule has 0 radical (unpaired) electrons. The second-order valence-corrected chi connectivity index (χ2v) is 7.63. The lowest BCUT2D eigenvalue weighted by molar-refractivity contribution is -0.0777. The summed E-state index contributed by atoms with van der Waals surface area (Å²) in [5.74, 6) is 0.108. The fourth-order valence-electron chi connectivity index (χ4n) is 4.12. The number of benzene rings is 1. The van der Waals surface area contributed by atoms with Crippen molar-refractivity contribution in [3.63, 3.8) is 0 Å². The predicted octanol–water partition coefficient (Wildman–Crippen LogP) is 2.02. The summed E-state index contributed by atoms with van der Waals surface area (Å²) in [4.78, 5) is 17.3. The lowest BCUT2D eigenvalue weighted by Gasteiger charge is -2.43. The summed E-state index contributed by atoms with van der Waals surface area (Å²) in [7, 11) is 0. The average Bonchev–Trinajstić information content (AvgIpc) is 3.16. The van der Waals surface area contributed by atoms with Gasteiger partial charge < -0.3 is 24.2 Å². The minimum absolute atomic E-state index is 0.139. The second kappa shape index (κ2) is 8.43. The number of carbonyl (C=O) groups excluding carboxylic acids is 1. The summed E-state index contributed by atoms with van der Waals surface area (Å²) in [6, 6.07) is 11.5. The van der Waals surface area contributed by atoms with E-state index >= 15 is 0 Å². The number of aromatic nitrogens is 1. The van der Waals surface area contributed by atoms with E-state index in [1.165, 1.54) is 0 Å². The van der Waals surface area contributed by atoms with E-state index in [1.807, 2.05) is 42.2 Å². The Balaban J connectivity index is 1.59. The third-order valence-corrected chi connectivity index (χ3v) is 5.59. The van der Waals surface area contributed by atoms with E-state index in [1.54, 1.807) is 6.07 Å². The highest BCUT2D eigenvalue weighted by atomic mass is 16.5. The molecule has 0 saturated carbocycles. The third-order valence-electron chi connectivity index (χ3n) is 5.59. The van der Waals surface area contributed by atoms with Crippen LogP contribution in [0.1, 0.15) is 40.7 Å². The Hall–Kier alpha value is -2.22. The number of hydrogen-bond acceptors (Lipinski definition) is 6. The molecule has 0 bridgehead atoms. The number of aliphatic hydroxyl groups excluding tert-OH is 1. The number of rotatable bonds is 4. The van der Waals surface area contributed by atoms with Gasteiger partial charge in [-0.25, -0.2) is 0 Å². The van der Waals surface area contributed by atoms with Crippen LogP contribution in [0, 0.1) is 6.92 Å². The van der Waals surface area contributed by atoms with Crippen molar-refractivity contribution in [2.75, 3.05) is 32.8 Å². The van der Waals surface area contributed by atoms with Gasteiger partial charge in [0.15, 0.2) is 0 Å². The molecule has 1 aromatic heterocycles. The number of piperidine rings is 1. The normalized spacial score (nSPS) is 24.4. The summed E-state index contributed by atoms with van der Waals surface area (Å²) >= 11 is 0. The van der Waals surface area contributed by atoms with Gasteiger partial charge in [0.2, 0.25) is 5.76 Å². The molecule has 1 N–H and O–H groups in total. The average molecular weight is 385 g/mol. The lowest BCUT2D eigenvalue weighted by atomic mass is 9.96. The molecule has 0 aliphatic carbocycles. The summed E-state index contributed by atoms with van der Waals surface area (Å²) in [6.07, 6.45) is 1.21. The second-order valence-electron chi connectivity index (χ2n) is 7.63. The number of hydrogen-bond donors (Lipinski definition) is 1. The highest BCUT2D eigenvalue weighted by molar-refractivity contribution is 5.92. The molecule has 7 nitrogen and oxygen atoms in total. The number of likely N-dealkylation sites (tertiary alicyclic amines) is 1. The largest absolute Gasteiger partial charge is 0.393 e. The molecule has 7 heteroatoms. The van der Waals surface area contributed by atoms with E-state index in [2.05, 4.69) is 10.1 Å². The van der Waals surface area contributed by atoms with Crippen LogP contribution in [0.5, 0.6) is 0 Å². The zero-order valence-corrected chi connectivity index (χ0v) is 16.2. The number of nitrogens with zero attached hydrogens (tertiary/aromatic N) is 3. The first-order valence-electron chi connectivity index (χ1n) is 9.93. The molecular formula is C21H27N3O4. The summed E-state index contributed by atoms with van der Waals surface area (Å²) in [6.45, 7) is 5.22. The first-order valence-corrected chi connectivity index (χ1v) is 9.93. The van der Waals surface area contributed by atoms with E-state index in [9.17, 15) is 9.90 Å². The maximum atomic E-state index is 13.2. The standard InChI is InChI=1S/C21H27N3O4/c1-15-13-18(28-22-15)21(26)24-11-12-27-19(14-23-9-7-17(25)8-10-23)20(24)16-5-3-2-4-6-16/h2-6,13,17,19-20,25H,7-12,14H2,1H3/t19-,20-/m0/s1. The van der Waals surface area contributed by atoms with Gasteiger partial charge in [-0.15, -0.1) is 0 Å². The van der Waals surface area contributed by atoms with Crippen LogP contribution in [0.2, 0.25) is 0 Å².